The first-order valence-electron chi connectivity index (χ1n) is 7.05. The van der Waals surface area contributed by atoms with Crippen molar-refractivity contribution >= 4 is 12.0 Å². The molecule has 0 aromatic carbocycles. The van der Waals surface area contributed by atoms with Crippen molar-refractivity contribution in [2.45, 2.75) is 62.9 Å². The number of urea groups is 1. The van der Waals surface area contributed by atoms with Gasteiger partial charge in [-0.3, -0.25) is 4.79 Å². The summed E-state index contributed by atoms with van der Waals surface area (Å²) < 4.78 is 0. The van der Waals surface area contributed by atoms with Crippen LogP contribution in [0.15, 0.2) is 12.2 Å². The second kappa shape index (κ2) is 6.08. The molecule has 0 spiro atoms. The van der Waals surface area contributed by atoms with Crippen molar-refractivity contribution in [3.8, 4) is 0 Å². The molecule has 106 valence electrons. The van der Waals surface area contributed by atoms with Crippen LogP contribution in [0, 0.1) is 0 Å². The fraction of sp³-hybridized carbons (Fsp3) is 0.714. The number of nitrogens with one attached hydrogen (secondary N) is 2. The average Bonchev–Trinajstić information content (AvgIpc) is 2.77. The van der Waals surface area contributed by atoms with Crippen molar-refractivity contribution in [1.82, 2.24) is 10.6 Å². The Morgan fingerprint density at radius 3 is 2.58 bits per heavy atom. The number of hydrogen-bond acceptors (Lipinski definition) is 2. The molecule has 3 N–H and O–H groups in total. The SMILES string of the molecule is O=C(O)CC1(NC(=O)NC2CC=CCC2)CCCC1. The molecule has 1 saturated carbocycles. The zero-order valence-electron chi connectivity index (χ0n) is 11.2. The molecule has 5 heteroatoms. The minimum Gasteiger partial charge on any atom is -0.481 e. The summed E-state index contributed by atoms with van der Waals surface area (Å²) in [7, 11) is 0. The van der Waals surface area contributed by atoms with Crippen LogP contribution in [0.2, 0.25) is 0 Å². The molecule has 2 aliphatic carbocycles. The maximum Gasteiger partial charge on any atom is 0.315 e. The standard InChI is InChI=1S/C14H22N2O3/c17-12(18)10-14(8-4-5-9-14)16-13(19)15-11-6-2-1-3-7-11/h1-2,11H,3-10H2,(H,17,18)(H2,15,16,19). The van der Waals surface area contributed by atoms with Crippen LogP contribution in [0.1, 0.15) is 51.4 Å². The van der Waals surface area contributed by atoms with Crippen LogP contribution in [0.3, 0.4) is 0 Å². The van der Waals surface area contributed by atoms with Crippen LogP contribution < -0.4 is 10.6 Å². The molecule has 1 atom stereocenters. The highest BCUT2D eigenvalue weighted by molar-refractivity contribution is 5.77. The number of carboxylic acid groups (broad SMARTS) is 1. The third kappa shape index (κ3) is 3.98. The Bertz CT molecular complexity index is 373. The smallest absolute Gasteiger partial charge is 0.315 e. The zero-order chi connectivity index (χ0) is 13.7. The predicted octanol–water partition coefficient (Wildman–Crippen LogP) is 2.18. The molecule has 0 heterocycles. The van der Waals surface area contributed by atoms with Gasteiger partial charge in [-0.05, 0) is 32.1 Å². The molecule has 1 fully saturated rings. The number of allylic oxidation sites excluding steroid dienone is 1. The number of amides is 2. The monoisotopic (exact) mass is 266 g/mol. The molecule has 0 aliphatic heterocycles. The van der Waals surface area contributed by atoms with Crippen molar-refractivity contribution < 1.29 is 14.7 Å². The van der Waals surface area contributed by atoms with Gasteiger partial charge in [0.2, 0.25) is 0 Å². The van der Waals surface area contributed by atoms with Gasteiger partial charge >= 0.3 is 12.0 Å². The number of rotatable bonds is 4. The largest absolute Gasteiger partial charge is 0.481 e. The third-order valence-electron chi connectivity index (χ3n) is 4.03. The first-order valence-corrected chi connectivity index (χ1v) is 7.05. The van der Waals surface area contributed by atoms with Gasteiger partial charge in [-0.15, -0.1) is 0 Å². The zero-order valence-corrected chi connectivity index (χ0v) is 11.2. The maximum absolute atomic E-state index is 12.0. The Hall–Kier alpha value is -1.52. The van der Waals surface area contributed by atoms with E-state index >= 15 is 0 Å². The van der Waals surface area contributed by atoms with Crippen LogP contribution in [-0.2, 0) is 4.79 Å². The molecule has 19 heavy (non-hydrogen) atoms. The lowest BCUT2D eigenvalue weighted by Gasteiger charge is -2.30. The second-order valence-electron chi connectivity index (χ2n) is 5.64. The molecule has 1 unspecified atom stereocenters. The molecule has 0 aromatic rings. The summed E-state index contributed by atoms with van der Waals surface area (Å²) in [5.41, 5.74) is -0.541. The highest BCUT2D eigenvalue weighted by Gasteiger charge is 2.37. The van der Waals surface area contributed by atoms with Gasteiger partial charge < -0.3 is 15.7 Å². The van der Waals surface area contributed by atoms with E-state index in [0.29, 0.717) is 0 Å². The number of carbonyl (C=O) groups excluding carboxylic acids is 1. The molecular formula is C14H22N2O3. The molecule has 0 saturated heterocycles. The number of hydrogen-bond donors (Lipinski definition) is 3. The lowest BCUT2D eigenvalue weighted by Crippen LogP contribution is -2.53. The summed E-state index contributed by atoms with van der Waals surface area (Å²) >= 11 is 0. The highest BCUT2D eigenvalue weighted by Crippen LogP contribution is 2.32. The molecule has 2 amide bonds. The number of aliphatic carboxylic acids is 1. The quantitative estimate of drug-likeness (QED) is 0.682. The summed E-state index contributed by atoms with van der Waals surface area (Å²) in [6.45, 7) is 0. The van der Waals surface area contributed by atoms with Gasteiger partial charge in [-0.2, -0.15) is 0 Å². The summed E-state index contributed by atoms with van der Waals surface area (Å²) in [6, 6.07) is -0.0447. The Morgan fingerprint density at radius 2 is 2.00 bits per heavy atom. The lowest BCUT2D eigenvalue weighted by atomic mass is 9.93. The molecule has 2 aliphatic rings. The van der Waals surface area contributed by atoms with Crippen molar-refractivity contribution in [2.24, 2.45) is 0 Å². The van der Waals surface area contributed by atoms with E-state index in [2.05, 4.69) is 22.8 Å². The van der Waals surface area contributed by atoms with Gasteiger partial charge in [-0.25, -0.2) is 4.79 Å². The van der Waals surface area contributed by atoms with Crippen LogP contribution in [0.25, 0.3) is 0 Å². The van der Waals surface area contributed by atoms with E-state index in [-0.39, 0.29) is 18.5 Å². The molecule has 5 nitrogen and oxygen atoms in total. The van der Waals surface area contributed by atoms with E-state index in [4.69, 9.17) is 5.11 Å². The van der Waals surface area contributed by atoms with Crippen LogP contribution >= 0.6 is 0 Å². The highest BCUT2D eigenvalue weighted by atomic mass is 16.4. The Balaban J connectivity index is 1.88. The normalized spacial score (nSPS) is 24.9. The average molecular weight is 266 g/mol. The second-order valence-corrected chi connectivity index (χ2v) is 5.64. The van der Waals surface area contributed by atoms with E-state index in [0.717, 1.165) is 44.9 Å². The summed E-state index contributed by atoms with van der Waals surface area (Å²) in [6.07, 6.45) is 10.5. The first-order chi connectivity index (χ1) is 9.10. The molecule has 2 rings (SSSR count). The van der Waals surface area contributed by atoms with Crippen LogP contribution in [0.5, 0.6) is 0 Å². The molecule has 0 bridgehead atoms. The molecule has 0 aromatic heterocycles. The van der Waals surface area contributed by atoms with Gasteiger partial charge in [0.1, 0.15) is 0 Å². The fourth-order valence-electron chi connectivity index (χ4n) is 3.07. The van der Waals surface area contributed by atoms with Gasteiger partial charge in [0.25, 0.3) is 0 Å². The van der Waals surface area contributed by atoms with E-state index in [1.807, 2.05) is 0 Å². The van der Waals surface area contributed by atoms with E-state index in [9.17, 15) is 9.59 Å². The van der Waals surface area contributed by atoms with Gasteiger partial charge in [-0.1, -0.05) is 25.0 Å². The first kappa shape index (κ1) is 13.9. The minimum absolute atomic E-state index is 0.0188. The van der Waals surface area contributed by atoms with Crippen LogP contribution in [0.4, 0.5) is 4.79 Å². The summed E-state index contributed by atoms with van der Waals surface area (Å²) in [5.74, 6) is -0.845. The van der Waals surface area contributed by atoms with Crippen LogP contribution in [-0.4, -0.2) is 28.7 Å². The van der Waals surface area contributed by atoms with Crippen molar-refractivity contribution in [1.29, 1.82) is 0 Å². The topological polar surface area (TPSA) is 78.4 Å². The van der Waals surface area contributed by atoms with Crippen molar-refractivity contribution in [3.63, 3.8) is 0 Å². The van der Waals surface area contributed by atoms with Gasteiger partial charge in [0.15, 0.2) is 0 Å². The molecule has 0 radical (unpaired) electrons. The van der Waals surface area contributed by atoms with E-state index < -0.39 is 11.5 Å². The lowest BCUT2D eigenvalue weighted by molar-refractivity contribution is -0.138. The molecular weight excluding hydrogens is 244 g/mol. The Morgan fingerprint density at radius 1 is 1.26 bits per heavy atom. The Kier molecular flexibility index (Phi) is 4.45. The van der Waals surface area contributed by atoms with Crippen molar-refractivity contribution in [3.05, 3.63) is 12.2 Å². The van der Waals surface area contributed by atoms with Gasteiger partial charge in [0.05, 0.1) is 12.0 Å². The minimum atomic E-state index is -0.845. The fourth-order valence-corrected chi connectivity index (χ4v) is 3.07. The van der Waals surface area contributed by atoms with Gasteiger partial charge in [0, 0.05) is 6.04 Å². The van der Waals surface area contributed by atoms with E-state index in [1.165, 1.54) is 0 Å². The third-order valence-corrected chi connectivity index (χ3v) is 4.03. The number of carbonyl (C=O) groups is 2. The maximum atomic E-state index is 12.0. The number of carboxylic acids is 1. The summed E-state index contributed by atoms with van der Waals surface area (Å²) in [5, 5.41) is 14.9. The van der Waals surface area contributed by atoms with E-state index in [1.54, 1.807) is 0 Å². The Labute approximate surface area is 113 Å². The summed E-state index contributed by atoms with van der Waals surface area (Å²) in [4.78, 5) is 23.0. The van der Waals surface area contributed by atoms with Crippen molar-refractivity contribution in [2.75, 3.05) is 0 Å². The predicted molar refractivity (Wildman–Crippen MR) is 71.9 cm³/mol.